The van der Waals surface area contributed by atoms with Crippen LogP contribution in [0.2, 0.25) is 0 Å². The summed E-state index contributed by atoms with van der Waals surface area (Å²) in [6, 6.07) is 89.0. The Morgan fingerprint density at radius 3 is 1.61 bits per heavy atom. The maximum atomic E-state index is 2.84. The van der Waals surface area contributed by atoms with Crippen LogP contribution in [0.3, 0.4) is 0 Å². The molecule has 15 rings (SSSR count). The van der Waals surface area contributed by atoms with Crippen molar-refractivity contribution < 1.29 is 0 Å². The molecule has 0 saturated heterocycles. The van der Waals surface area contributed by atoms with E-state index in [2.05, 4.69) is 301 Å². The molecule has 3 nitrogen and oxygen atoms in total. The highest BCUT2D eigenvalue weighted by atomic mass is 15.3. The van der Waals surface area contributed by atoms with Gasteiger partial charge in [0.2, 0.25) is 0 Å². The van der Waals surface area contributed by atoms with Gasteiger partial charge in [0.05, 0.1) is 11.2 Å². The van der Waals surface area contributed by atoms with Gasteiger partial charge in [0.15, 0.2) is 0 Å². The highest BCUT2D eigenvalue weighted by Crippen LogP contribution is 2.65. The first-order valence-electron chi connectivity index (χ1n) is 30.6. The zero-order chi connectivity index (χ0) is 56.6. The third-order valence-electron chi connectivity index (χ3n) is 20.5. The van der Waals surface area contributed by atoms with E-state index >= 15 is 0 Å². The van der Waals surface area contributed by atoms with E-state index in [0.717, 1.165) is 31.4 Å². The molecule has 0 radical (unpaired) electrons. The van der Waals surface area contributed by atoms with Crippen molar-refractivity contribution in [3.63, 3.8) is 0 Å². The molecule has 1 fully saturated rings. The third-order valence-corrected chi connectivity index (χ3v) is 20.5. The van der Waals surface area contributed by atoms with E-state index in [1.54, 1.807) is 0 Å². The summed E-state index contributed by atoms with van der Waals surface area (Å²) in [5, 5.41) is 0. The maximum absolute atomic E-state index is 2.84. The molecule has 83 heavy (non-hydrogen) atoms. The van der Waals surface area contributed by atoms with Crippen LogP contribution in [0.4, 0.5) is 45.5 Å². The molecule has 0 spiro atoms. The molecule has 0 amide bonds. The van der Waals surface area contributed by atoms with Crippen molar-refractivity contribution in [2.45, 2.75) is 121 Å². The summed E-state index contributed by atoms with van der Waals surface area (Å²) in [4.78, 5) is 8.25. The summed E-state index contributed by atoms with van der Waals surface area (Å²) >= 11 is 0. The molecule has 3 aliphatic heterocycles. The molecule has 2 unspecified atom stereocenters. The summed E-state index contributed by atoms with van der Waals surface area (Å²) in [6.45, 7) is 19.6. The zero-order valence-electron chi connectivity index (χ0n) is 49.6. The molecule has 4 heteroatoms. The number of para-hydroxylation sites is 1. The quantitative estimate of drug-likeness (QED) is 0.147. The average molecular weight is 1080 g/mol. The maximum Gasteiger partial charge on any atom is 0.252 e. The van der Waals surface area contributed by atoms with Crippen LogP contribution < -0.4 is 31.1 Å². The summed E-state index contributed by atoms with van der Waals surface area (Å²) in [5.41, 5.74) is 27.6. The highest BCUT2D eigenvalue weighted by Gasteiger charge is 2.61. The Morgan fingerprint density at radius 2 is 0.940 bits per heavy atom. The number of benzene rings is 10. The van der Waals surface area contributed by atoms with Gasteiger partial charge < -0.3 is 14.7 Å². The van der Waals surface area contributed by atoms with Gasteiger partial charge in [-0.05, 0) is 175 Å². The van der Waals surface area contributed by atoms with Crippen molar-refractivity contribution in [2.75, 3.05) is 14.7 Å². The minimum atomic E-state index is -0.294. The lowest BCUT2D eigenvalue weighted by Crippen LogP contribution is -2.62. The van der Waals surface area contributed by atoms with Gasteiger partial charge in [-0.25, -0.2) is 0 Å². The van der Waals surface area contributed by atoms with E-state index < -0.39 is 0 Å². The van der Waals surface area contributed by atoms with Crippen LogP contribution in [0.1, 0.15) is 122 Å². The number of hydrogen-bond donors (Lipinski definition) is 0. The van der Waals surface area contributed by atoms with Gasteiger partial charge in [0.1, 0.15) is 0 Å². The Kier molecular flexibility index (Phi) is 11.7. The molecule has 0 N–H and O–H groups in total. The van der Waals surface area contributed by atoms with E-state index in [1.807, 2.05) is 0 Å². The van der Waals surface area contributed by atoms with Crippen LogP contribution in [0.15, 0.2) is 231 Å². The predicted molar refractivity (Wildman–Crippen MR) is 353 cm³/mol. The summed E-state index contributed by atoms with van der Waals surface area (Å²) in [7, 11) is 0. The van der Waals surface area contributed by atoms with Crippen LogP contribution in [-0.4, -0.2) is 12.3 Å². The standard InChI is InChI=1S/C79H74BN3/c1-75(2,3)59-39-41-68(62(48-59)55-30-17-11-18-31-55)82-71-52-65-64(76(4,5)44-45-77(65,6)7)51-67(71)80-66-40-38-57(54-28-15-10-16-29-54)47-70(66)81(60-35-25-32-56(46-60)53-26-13-9-14-27-53)72-49-61(50-73(82)74(72)80)83-69-37-22-21-36-63(69)79(58-33-19-12-20-34-58)43-24-23-42-78(79,83)8/h9-22,25-41,46-52H,23-24,42-45H2,1-8H3. The normalized spacial score (nSPS) is 19.7. The molecule has 0 bridgehead atoms. The van der Waals surface area contributed by atoms with Gasteiger partial charge in [0, 0.05) is 50.8 Å². The fraction of sp³-hybridized carbons (Fsp3) is 0.241. The Morgan fingerprint density at radius 1 is 0.373 bits per heavy atom. The number of hydrogen-bond acceptors (Lipinski definition) is 3. The van der Waals surface area contributed by atoms with Gasteiger partial charge in [-0.1, -0.05) is 237 Å². The van der Waals surface area contributed by atoms with Crippen LogP contribution in [0.5, 0.6) is 0 Å². The molecule has 1 saturated carbocycles. The van der Waals surface area contributed by atoms with E-state index in [4.69, 9.17) is 0 Å². The predicted octanol–water partition coefficient (Wildman–Crippen LogP) is 19.2. The first-order chi connectivity index (χ1) is 40.1. The molecule has 5 aliphatic rings. The number of anilines is 8. The molecule has 408 valence electrons. The minimum Gasteiger partial charge on any atom is -0.334 e. The third kappa shape index (κ3) is 7.84. The van der Waals surface area contributed by atoms with Crippen molar-refractivity contribution in [1.82, 2.24) is 0 Å². The van der Waals surface area contributed by atoms with Gasteiger partial charge in [-0.3, -0.25) is 0 Å². The molecule has 3 heterocycles. The smallest absolute Gasteiger partial charge is 0.252 e. The summed E-state index contributed by atoms with van der Waals surface area (Å²) in [5.74, 6) is 0. The van der Waals surface area contributed by atoms with Gasteiger partial charge in [-0.2, -0.15) is 0 Å². The first kappa shape index (κ1) is 51.5. The fourth-order valence-electron chi connectivity index (χ4n) is 16.1. The van der Waals surface area contributed by atoms with E-state index in [-0.39, 0.29) is 33.9 Å². The molecular formula is C79H74BN3. The van der Waals surface area contributed by atoms with Crippen molar-refractivity contribution >= 4 is 68.6 Å². The monoisotopic (exact) mass is 1080 g/mol. The minimum absolute atomic E-state index is 0.0103. The fourth-order valence-corrected chi connectivity index (χ4v) is 16.1. The topological polar surface area (TPSA) is 9.72 Å². The lowest BCUT2D eigenvalue weighted by Gasteiger charge is -2.53. The van der Waals surface area contributed by atoms with Crippen LogP contribution in [0, 0.1) is 0 Å². The highest BCUT2D eigenvalue weighted by molar-refractivity contribution is 7.00. The van der Waals surface area contributed by atoms with Crippen molar-refractivity contribution in [2.24, 2.45) is 0 Å². The van der Waals surface area contributed by atoms with E-state index in [9.17, 15) is 0 Å². The van der Waals surface area contributed by atoms with Gasteiger partial charge in [-0.15, -0.1) is 0 Å². The van der Waals surface area contributed by atoms with Crippen molar-refractivity contribution in [1.29, 1.82) is 0 Å². The SMILES string of the molecule is CC(C)(C)c1ccc(N2c3cc4c(cc3B3c5ccc(-c6ccccc6)cc5N(c5cccc(-c6ccccc6)c5)c5cc(N6c7ccccc7C7(c8ccccc8)CCCCC67C)cc2c53)C(C)(C)CCC4(C)C)c(-c2ccccc2)c1. The molecule has 10 aromatic carbocycles. The van der Waals surface area contributed by atoms with Crippen LogP contribution >= 0.6 is 0 Å². The van der Waals surface area contributed by atoms with E-state index in [1.165, 1.54) is 130 Å². The lowest BCUT2D eigenvalue weighted by atomic mass is 9.33. The summed E-state index contributed by atoms with van der Waals surface area (Å²) in [6.07, 6.45) is 6.78. The first-order valence-corrected chi connectivity index (χ1v) is 30.6. The second-order valence-corrected chi connectivity index (χ2v) is 27.2. The van der Waals surface area contributed by atoms with Gasteiger partial charge >= 0.3 is 0 Å². The molecular weight excluding hydrogens is 1000 g/mol. The molecule has 0 aromatic heterocycles. The van der Waals surface area contributed by atoms with Crippen molar-refractivity contribution in [3.8, 4) is 33.4 Å². The molecule has 2 atom stereocenters. The van der Waals surface area contributed by atoms with Crippen molar-refractivity contribution in [3.05, 3.63) is 258 Å². The second kappa shape index (κ2) is 18.8. The lowest BCUT2D eigenvalue weighted by molar-refractivity contribution is 0.215. The second-order valence-electron chi connectivity index (χ2n) is 27.2. The Labute approximate surface area is 493 Å². The number of rotatable bonds is 7. The largest absolute Gasteiger partial charge is 0.334 e. The van der Waals surface area contributed by atoms with Crippen LogP contribution in [0.25, 0.3) is 33.4 Å². The number of nitrogens with zero attached hydrogens (tertiary/aromatic N) is 3. The summed E-state index contributed by atoms with van der Waals surface area (Å²) < 4.78 is 0. The zero-order valence-corrected chi connectivity index (χ0v) is 49.6. The Balaban J connectivity index is 1.11. The molecule has 10 aromatic rings. The Hall–Kier alpha value is -8.34. The number of fused-ring (bicyclic) bond motifs is 8. The Bertz CT molecular complexity index is 4180. The molecule has 2 aliphatic carbocycles. The van der Waals surface area contributed by atoms with E-state index in [0.29, 0.717) is 0 Å². The van der Waals surface area contributed by atoms with Crippen LogP contribution in [-0.2, 0) is 21.7 Å². The van der Waals surface area contributed by atoms with Gasteiger partial charge in [0.25, 0.3) is 6.71 Å². The average Bonchev–Trinajstić information content (AvgIpc) is 2.29.